The highest BCUT2D eigenvalue weighted by molar-refractivity contribution is 6.31. The average Bonchev–Trinajstić information content (AvgIpc) is 3.13. The van der Waals surface area contributed by atoms with E-state index in [4.69, 9.17) is 16.0 Å². The number of nitrogens with one attached hydrogen (secondary N) is 1. The van der Waals surface area contributed by atoms with Gasteiger partial charge in [-0.25, -0.2) is 4.98 Å². The van der Waals surface area contributed by atoms with Crippen LogP contribution in [0.1, 0.15) is 21.5 Å². The van der Waals surface area contributed by atoms with Crippen LogP contribution in [0.2, 0.25) is 5.02 Å². The number of nitro benzene ring substituents is 1. The number of hydrogen-bond acceptors (Lipinski definition) is 5. The first-order valence-electron chi connectivity index (χ1n) is 9.05. The zero-order valence-corrected chi connectivity index (χ0v) is 16.9. The molecule has 0 saturated carbocycles. The SMILES string of the molecule is Cc1ccc(-c2nc3cc(NC(=O)c4ccc([N+](=O)[O-])c(C)c4)ccc3o2)cc1Cl. The van der Waals surface area contributed by atoms with Crippen LogP contribution in [0.5, 0.6) is 0 Å². The Morgan fingerprint density at radius 3 is 2.57 bits per heavy atom. The summed E-state index contributed by atoms with van der Waals surface area (Å²) in [6.07, 6.45) is 0. The molecule has 0 spiro atoms. The summed E-state index contributed by atoms with van der Waals surface area (Å²) in [5.74, 6) is 0.0581. The van der Waals surface area contributed by atoms with E-state index in [0.717, 1.165) is 11.1 Å². The number of aryl methyl sites for hydroxylation is 2. The Bertz CT molecular complexity index is 1310. The molecule has 1 N–H and O–H groups in total. The zero-order valence-electron chi connectivity index (χ0n) is 16.1. The number of anilines is 1. The molecule has 0 aliphatic carbocycles. The number of hydrogen-bond donors (Lipinski definition) is 1. The fourth-order valence-electron chi connectivity index (χ4n) is 3.06. The molecule has 0 bridgehead atoms. The lowest BCUT2D eigenvalue weighted by molar-refractivity contribution is -0.385. The minimum Gasteiger partial charge on any atom is -0.436 e. The van der Waals surface area contributed by atoms with E-state index in [2.05, 4.69) is 10.3 Å². The van der Waals surface area contributed by atoms with Crippen LogP contribution < -0.4 is 5.32 Å². The van der Waals surface area contributed by atoms with Crippen LogP contribution in [-0.2, 0) is 0 Å². The second-order valence-corrected chi connectivity index (χ2v) is 7.29. The summed E-state index contributed by atoms with van der Waals surface area (Å²) in [7, 11) is 0. The molecule has 0 unspecified atom stereocenters. The van der Waals surface area contributed by atoms with Gasteiger partial charge in [0.1, 0.15) is 5.52 Å². The Balaban J connectivity index is 1.59. The summed E-state index contributed by atoms with van der Waals surface area (Å²) in [5.41, 5.74) is 4.13. The second-order valence-electron chi connectivity index (χ2n) is 6.88. The van der Waals surface area contributed by atoms with Crippen LogP contribution in [-0.4, -0.2) is 15.8 Å². The van der Waals surface area contributed by atoms with Gasteiger partial charge in [-0.3, -0.25) is 14.9 Å². The molecule has 4 rings (SSSR count). The summed E-state index contributed by atoms with van der Waals surface area (Å²) in [4.78, 5) is 27.5. The lowest BCUT2D eigenvalue weighted by Crippen LogP contribution is -2.12. The Hall–Kier alpha value is -3.71. The minimum atomic E-state index is -0.478. The Morgan fingerprint density at radius 1 is 1.07 bits per heavy atom. The van der Waals surface area contributed by atoms with Crippen molar-refractivity contribution >= 4 is 40.0 Å². The van der Waals surface area contributed by atoms with Crippen LogP contribution in [0, 0.1) is 24.0 Å². The molecule has 3 aromatic carbocycles. The molecule has 0 aliphatic rings. The van der Waals surface area contributed by atoms with Gasteiger partial charge >= 0.3 is 0 Å². The third-order valence-electron chi connectivity index (χ3n) is 4.72. The van der Waals surface area contributed by atoms with E-state index < -0.39 is 4.92 Å². The van der Waals surface area contributed by atoms with E-state index in [0.29, 0.717) is 38.8 Å². The number of amides is 1. The van der Waals surface area contributed by atoms with Crippen molar-refractivity contribution < 1.29 is 14.1 Å². The highest BCUT2D eigenvalue weighted by Gasteiger charge is 2.15. The summed E-state index contributed by atoms with van der Waals surface area (Å²) >= 11 is 6.19. The van der Waals surface area contributed by atoms with Gasteiger partial charge in [-0.05, 0) is 61.9 Å². The molecule has 150 valence electrons. The molecule has 0 radical (unpaired) electrons. The molecule has 1 heterocycles. The van der Waals surface area contributed by atoms with E-state index in [9.17, 15) is 14.9 Å². The second kappa shape index (κ2) is 7.61. The number of nitrogens with zero attached hydrogens (tertiary/aromatic N) is 2. The van der Waals surface area contributed by atoms with Crippen LogP contribution in [0.25, 0.3) is 22.6 Å². The first-order valence-corrected chi connectivity index (χ1v) is 9.43. The van der Waals surface area contributed by atoms with Crippen molar-refractivity contribution in [2.75, 3.05) is 5.32 Å². The van der Waals surface area contributed by atoms with E-state index in [1.54, 1.807) is 31.2 Å². The topological polar surface area (TPSA) is 98.3 Å². The quantitative estimate of drug-likeness (QED) is 0.325. The van der Waals surface area contributed by atoms with Crippen molar-refractivity contribution in [1.82, 2.24) is 4.98 Å². The van der Waals surface area contributed by atoms with Crippen molar-refractivity contribution in [2.24, 2.45) is 0 Å². The number of oxazole rings is 1. The Kier molecular flexibility index (Phi) is 4.97. The molecular formula is C22H16ClN3O4. The van der Waals surface area contributed by atoms with Crippen molar-refractivity contribution in [3.63, 3.8) is 0 Å². The number of nitro groups is 1. The highest BCUT2D eigenvalue weighted by Crippen LogP contribution is 2.29. The van der Waals surface area contributed by atoms with Crippen LogP contribution in [0.4, 0.5) is 11.4 Å². The van der Waals surface area contributed by atoms with Crippen molar-refractivity contribution in [3.8, 4) is 11.5 Å². The zero-order chi connectivity index (χ0) is 21.4. The number of aromatic nitrogens is 1. The normalized spacial score (nSPS) is 10.9. The molecule has 4 aromatic rings. The number of fused-ring (bicyclic) bond motifs is 1. The van der Waals surface area contributed by atoms with Crippen molar-refractivity contribution in [3.05, 3.63) is 86.4 Å². The van der Waals surface area contributed by atoms with E-state index in [-0.39, 0.29) is 11.6 Å². The van der Waals surface area contributed by atoms with Gasteiger partial charge in [-0.15, -0.1) is 0 Å². The summed E-state index contributed by atoms with van der Waals surface area (Å²) in [5, 5.41) is 14.3. The van der Waals surface area contributed by atoms with Crippen molar-refractivity contribution in [2.45, 2.75) is 13.8 Å². The minimum absolute atomic E-state index is 0.0284. The predicted molar refractivity (Wildman–Crippen MR) is 115 cm³/mol. The van der Waals surface area contributed by atoms with Gasteiger partial charge in [0.25, 0.3) is 11.6 Å². The number of benzene rings is 3. The largest absolute Gasteiger partial charge is 0.436 e. The Labute approximate surface area is 176 Å². The van der Waals surface area contributed by atoms with Gasteiger partial charge in [0.05, 0.1) is 4.92 Å². The maximum absolute atomic E-state index is 12.5. The molecule has 0 saturated heterocycles. The molecule has 1 amide bonds. The van der Waals surface area contributed by atoms with Gasteiger partial charge in [0.15, 0.2) is 5.58 Å². The highest BCUT2D eigenvalue weighted by atomic mass is 35.5. The molecular weight excluding hydrogens is 406 g/mol. The fraction of sp³-hybridized carbons (Fsp3) is 0.0909. The van der Waals surface area contributed by atoms with Gasteiger partial charge in [-0.2, -0.15) is 0 Å². The predicted octanol–water partition coefficient (Wildman–Crippen LogP) is 5.93. The molecule has 0 atom stereocenters. The lowest BCUT2D eigenvalue weighted by atomic mass is 10.1. The van der Waals surface area contributed by atoms with Gasteiger partial charge < -0.3 is 9.73 Å². The van der Waals surface area contributed by atoms with Crippen LogP contribution in [0.3, 0.4) is 0 Å². The number of carbonyl (C=O) groups excluding carboxylic acids is 1. The number of rotatable bonds is 4. The van der Waals surface area contributed by atoms with Gasteiger partial charge in [-0.1, -0.05) is 17.7 Å². The van der Waals surface area contributed by atoms with Gasteiger partial charge in [0, 0.05) is 33.5 Å². The third-order valence-corrected chi connectivity index (χ3v) is 5.13. The molecule has 1 aromatic heterocycles. The van der Waals surface area contributed by atoms with E-state index >= 15 is 0 Å². The third kappa shape index (κ3) is 3.75. The van der Waals surface area contributed by atoms with Gasteiger partial charge in [0.2, 0.25) is 5.89 Å². The summed E-state index contributed by atoms with van der Waals surface area (Å²) < 4.78 is 5.80. The van der Waals surface area contributed by atoms with Crippen LogP contribution in [0.15, 0.2) is 59.0 Å². The molecule has 8 heteroatoms. The molecule has 7 nitrogen and oxygen atoms in total. The molecule has 0 aliphatic heterocycles. The first kappa shape index (κ1) is 19.6. The fourth-order valence-corrected chi connectivity index (χ4v) is 3.24. The maximum atomic E-state index is 12.5. The average molecular weight is 422 g/mol. The maximum Gasteiger partial charge on any atom is 0.272 e. The Morgan fingerprint density at radius 2 is 1.87 bits per heavy atom. The van der Waals surface area contributed by atoms with Crippen molar-refractivity contribution in [1.29, 1.82) is 0 Å². The monoisotopic (exact) mass is 421 g/mol. The molecule has 0 fully saturated rings. The first-order chi connectivity index (χ1) is 14.3. The molecule has 30 heavy (non-hydrogen) atoms. The smallest absolute Gasteiger partial charge is 0.272 e. The van der Waals surface area contributed by atoms with E-state index in [1.807, 2.05) is 19.1 Å². The number of carbonyl (C=O) groups is 1. The lowest BCUT2D eigenvalue weighted by Gasteiger charge is -2.06. The van der Waals surface area contributed by atoms with E-state index in [1.165, 1.54) is 18.2 Å². The number of halogens is 1. The standard InChI is InChI=1S/C22H16ClN3O4/c1-12-3-4-15(10-17(12)23)22-25-18-11-16(6-8-20(18)30-22)24-21(27)14-5-7-19(26(28)29)13(2)9-14/h3-11H,1-2H3,(H,24,27). The van der Waals surface area contributed by atoms with Crippen LogP contribution >= 0.6 is 11.6 Å². The summed E-state index contributed by atoms with van der Waals surface area (Å²) in [6, 6.07) is 14.9. The summed E-state index contributed by atoms with van der Waals surface area (Å²) in [6.45, 7) is 3.51.